The molecule has 1 amide bonds. The van der Waals surface area contributed by atoms with E-state index in [1.54, 1.807) is 0 Å². The second-order valence-corrected chi connectivity index (χ2v) is 8.35. The third kappa shape index (κ3) is 7.49. The van der Waals surface area contributed by atoms with Gasteiger partial charge in [-0.15, -0.1) is 0 Å². The van der Waals surface area contributed by atoms with E-state index < -0.39 is 5.97 Å². The summed E-state index contributed by atoms with van der Waals surface area (Å²) >= 11 is 0. The molecule has 0 unspecified atom stereocenters. The first-order chi connectivity index (χ1) is 15.8. The number of anilines is 1. The number of methoxy groups -OCH3 is 1. The van der Waals surface area contributed by atoms with Crippen LogP contribution in [0.1, 0.15) is 60.5 Å². The van der Waals surface area contributed by atoms with Gasteiger partial charge < -0.3 is 20.3 Å². The number of unbranched alkanes of at least 4 members (excludes halogenated alkanes) is 1. The van der Waals surface area contributed by atoms with Gasteiger partial charge in [0.15, 0.2) is 11.5 Å². The van der Waals surface area contributed by atoms with E-state index in [4.69, 9.17) is 14.9 Å². The number of hydrogen-bond acceptors (Lipinski definition) is 5. The van der Waals surface area contributed by atoms with Crippen molar-refractivity contribution in [3.63, 3.8) is 0 Å². The van der Waals surface area contributed by atoms with Gasteiger partial charge in [-0.2, -0.15) is 0 Å². The van der Waals surface area contributed by atoms with E-state index in [2.05, 4.69) is 43.1 Å². The summed E-state index contributed by atoms with van der Waals surface area (Å²) in [6.45, 7) is 8.42. The number of carboxylic acid groups (broad SMARTS) is 1. The summed E-state index contributed by atoms with van der Waals surface area (Å²) in [6.07, 6.45) is 5.72. The van der Waals surface area contributed by atoms with Crippen molar-refractivity contribution < 1.29 is 24.5 Å². The molecule has 1 atom stereocenters. The molecule has 0 spiro atoms. The van der Waals surface area contributed by atoms with E-state index in [1.807, 2.05) is 6.07 Å². The lowest BCUT2D eigenvalue weighted by Crippen LogP contribution is -2.47. The number of nitrogens with one attached hydrogen (secondary N) is 1. The van der Waals surface area contributed by atoms with Gasteiger partial charge in [-0.1, -0.05) is 38.0 Å². The second-order valence-electron chi connectivity index (χ2n) is 8.35. The Hall–Kier alpha value is -3.06. The van der Waals surface area contributed by atoms with Crippen molar-refractivity contribution >= 4 is 17.6 Å². The van der Waals surface area contributed by atoms with Crippen LogP contribution in [0.5, 0.6) is 11.5 Å². The third-order valence-electron chi connectivity index (χ3n) is 5.87. The summed E-state index contributed by atoms with van der Waals surface area (Å²) in [6, 6.07) is 10.0. The third-order valence-corrected chi connectivity index (χ3v) is 5.87. The molecule has 33 heavy (non-hydrogen) atoms. The monoisotopic (exact) mass is 456 g/mol. The number of nitrogens with zero attached hydrogens (tertiary/aromatic N) is 1. The molecule has 3 rings (SSSR count). The normalized spacial score (nSPS) is 15.8. The lowest BCUT2D eigenvalue weighted by atomic mass is 10.00. The van der Waals surface area contributed by atoms with Gasteiger partial charge in [-0.3, -0.25) is 9.69 Å². The number of para-hydroxylation sites is 1. The standard InChI is InChI=1S/C18H28N2O.C8H8O4/c1-4-5-12-20-13-7-6-11-16(20)18(21)19-17-14(2)9-8-10-15(17)3;1-12-7-4-5(8(10)11)2-3-6(7)9/h8-10,16H,4-7,11-13H2,1-3H3,(H,19,21);2-4,9H,1H3,(H,10,11)/t16-;/m0./s1. The average Bonchev–Trinajstić information content (AvgIpc) is 2.81. The Morgan fingerprint density at radius 3 is 2.45 bits per heavy atom. The molecule has 0 radical (unpaired) electrons. The molecule has 0 aliphatic carbocycles. The first-order valence-corrected chi connectivity index (χ1v) is 11.5. The Morgan fingerprint density at radius 1 is 1.15 bits per heavy atom. The number of rotatable bonds is 7. The van der Waals surface area contributed by atoms with E-state index in [0.717, 1.165) is 42.7 Å². The average molecular weight is 457 g/mol. The van der Waals surface area contributed by atoms with E-state index >= 15 is 0 Å². The highest BCUT2D eigenvalue weighted by molar-refractivity contribution is 5.96. The van der Waals surface area contributed by atoms with Crippen LogP contribution in [0.15, 0.2) is 36.4 Å². The predicted octanol–water partition coefficient (Wildman–Crippen LogP) is 5.00. The number of aromatic carboxylic acids is 1. The van der Waals surface area contributed by atoms with Gasteiger partial charge in [0, 0.05) is 5.69 Å². The van der Waals surface area contributed by atoms with Crippen molar-refractivity contribution in [2.45, 2.75) is 58.9 Å². The van der Waals surface area contributed by atoms with Gasteiger partial charge in [-0.05, 0) is 75.5 Å². The summed E-state index contributed by atoms with van der Waals surface area (Å²) in [5.74, 6) is -0.783. The maximum absolute atomic E-state index is 12.7. The minimum absolute atomic E-state index is 0.0457. The SMILES string of the molecule is CCCCN1CCCC[C@H]1C(=O)Nc1c(C)cccc1C.COc1cc(C(=O)O)ccc1O. The minimum Gasteiger partial charge on any atom is -0.504 e. The lowest BCUT2D eigenvalue weighted by Gasteiger charge is -2.34. The van der Waals surface area contributed by atoms with Crippen molar-refractivity contribution in [1.82, 2.24) is 4.90 Å². The first-order valence-electron chi connectivity index (χ1n) is 11.5. The van der Waals surface area contributed by atoms with Gasteiger partial charge >= 0.3 is 5.97 Å². The highest BCUT2D eigenvalue weighted by Gasteiger charge is 2.28. The van der Waals surface area contributed by atoms with E-state index in [-0.39, 0.29) is 29.0 Å². The molecule has 180 valence electrons. The quantitative estimate of drug-likeness (QED) is 0.543. The topological polar surface area (TPSA) is 99.1 Å². The molecular formula is C26H36N2O5. The van der Waals surface area contributed by atoms with Crippen LogP contribution in [0.2, 0.25) is 0 Å². The van der Waals surface area contributed by atoms with Crippen LogP contribution in [0.4, 0.5) is 5.69 Å². The zero-order chi connectivity index (χ0) is 24.4. The molecule has 1 aliphatic heterocycles. The zero-order valence-corrected chi connectivity index (χ0v) is 20.1. The number of carbonyl (C=O) groups excluding carboxylic acids is 1. The molecule has 0 bridgehead atoms. The van der Waals surface area contributed by atoms with Crippen molar-refractivity contribution in [3.8, 4) is 11.5 Å². The molecule has 3 N–H and O–H groups in total. The van der Waals surface area contributed by atoms with Crippen molar-refractivity contribution in [2.24, 2.45) is 0 Å². The highest BCUT2D eigenvalue weighted by Crippen LogP contribution is 2.26. The van der Waals surface area contributed by atoms with Crippen molar-refractivity contribution in [1.29, 1.82) is 0 Å². The van der Waals surface area contributed by atoms with Crippen LogP contribution in [0, 0.1) is 13.8 Å². The van der Waals surface area contributed by atoms with Crippen molar-refractivity contribution in [2.75, 3.05) is 25.5 Å². The van der Waals surface area contributed by atoms with E-state index in [9.17, 15) is 9.59 Å². The number of amides is 1. The Morgan fingerprint density at radius 2 is 1.85 bits per heavy atom. The van der Waals surface area contributed by atoms with Crippen LogP contribution in [-0.4, -0.2) is 53.2 Å². The number of carboxylic acids is 1. The first kappa shape index (κ1) is 26.2. The summed E-state index contributed by atoms with van der Waals surface area (Å²) in [7, 11) is 1.36. The lowest BCUT2D eigenvalue weighted by molar-refractivity contribution is -0.122. The molecular weight excluding hydrogens is 420 g/mol. The molecule has 2 aromatic carbocycles. The number of phenols is 1. The zero-order valence-electron chi connectivity index (χ0n) is 20.1. The Kier molecular flexibility index (Phi) is 10.2. The molecule has 1 fully saturated rings. The number of aryl methyl sites for hydroxylation is 2. The Bertz CT molecular complexity index is 924. The molecule has 1 saturated heterocycles. The number of ether oxygens (including phenoxy) is 1. The van der Waals surface area contributed by atoms with Crippen LogP contribution < -0.4 is 10.1 Å². The van der Waals surface area contributed by atoms with Crippen LogP contribution in [0.3, 0.4) is 0 Å². The Labute approximate surface area is 196 Å². The summed E-state index contributed by atoms with van der Waals surface area (Å²) in [4.78, 5) is 25.5. The maximum Gasteiger partial charge on any atom is 0.335 e. The molecule has 0 saturated carbocycles. The van der Waals surface area contributed by atoms with Gasteiger partial charge in [0.25, 0.3) is 0 Å². The van der Waals surface area contributed by atoms with Crippen LogP contribution >= 0.6 is 0 Å². The Balaban J connectivity index is 0.000000273. The van der Waals surface area contributed by atoms with Gasteiger partial charge in [0.1, 0.15) is 0 Å². The largest absolute Gasteiger partial charge is 0.504 e. The van der Waals surface area contributed by atoms with Gasteiger partial charge in [-0.25, -0.2) is 4.79 Å². The highest BCUT2D eigenvalue weighted by atomic mass is 16.5. The molecule has 7 nitrogen and oxygen atoms in total. The molecule has 0 aromatic heterocycles. The number of phenolic OH excluding ortho intramolecular Hbond substituents is 1. The number of carbonyl (C=O) groups is 2. The smallest absolute Gasteiger partial charge is 0.335 e. The molecule has 2 aromatic rings. The van der Waals surface area contributed by atoms with E-state index in [0.29, 0.717) is 0 Å². The van der Waals surface area contributed by atoms with Crippen LogP contribution in [0.25, 0.3) is 0 Å². The fourth-order valence-electron chi connectivity index (χ4n) is 3.95. The van der Waals surface area contributed by atoms with Gasteiger partial charge in [0.05, 0.1) is 18.7 Å². The van der Waals surface area contributed by atoms with Crippen LogP contribution in [-0.2, 0) is 4.79 Å². The number of piperidine rings is 1. The number of hydrogen-bond donors (Lipinski definition) is 3. The fraction of sp³-hybridized carbons (Fsp3) is 0.462. The maximum atomic E-state index is 12.7. The van der Waals surface area contributed by atoms with Crippen molar-refractivity contribution in [3.05, 3.63) is 53.1 Å². The second kappa shape index (κ2) is 12.8. The summed E-state index contributed by atoms with van der Waals surface area (Å²) in [5.41, 5.74) is 3.35. The number of benzene rings is 2. The van der Waals surface area contributed by atoms with E-state index in [1.165, 1.54) is 44.6 Å². The fourth-order valence-corrected chi connectivity index (χ4v) is 3.95. The minimum atomic E-state index is -1.05. The van der Waals surface area contributed by atoms with Gasteiger partial charge in [0.2, 0.25) is 5.91 Å². The molecule has 7 heteroatoms. The molecule has 1 aliphatic rings. The number of aromatic hydroxyl groups is 1. The summed E-state index contributed by atoms with van der Waals surface area (Å²) in [5, 5.41) is 20.8. The molecule has 1 heterocycles. The number of likely N-dealkylation sites (tertiary alicyclic amines) is 1. The predicted molar refractivity (Wildman–Crippen MR) is 130 cm³/mol. The summed E-state index contributed by atoms with van der Waals surface area (Å²) < 4.78 is 4.72.